The van der Waals surface area contributed by atoms with Crippen molar-refractivity contribution in [2.75, 3.05) is 13.7 Å². The van der Waals surface area contributed by atoms with Crippen LogP contribution in [0.15, 0.2) is 58.8 Å². The number of nitrogens with zero attached hydrogens (tertiary/aromatic N) is 3. The maximum Gasteiger partial charge on any atom is 0.258 e. The highest BCUT2D eigenvalue weighted by Gasteiger charge is 2.34. The van der Waals surface area contributed by atoms with Crippen molar-refractivity contribution in [1.29, 1.82) is 0 Å². The van der Waals surface area contributed by atoms with Gasteiger partial charge < -0.3 is 19.5 Å². The van der Waals surface area contributed by atoms with E-state index in [2.05, 4.69) is 27.3 Å². The van der Waals surface area contributed by atoms with Crippen LogP contribution in [0.25, 0.3) is 17.0 Å². The first-order valence-corrected chi connectivity index (χ1v) is 11.5. The van der Waals surface area contributed by atoms with E-state index in [0.717, 1.165) is 48.4 Å². The van der Waals surface area contributed by atoms with E-state index < -0.39 is 0 Å². The fraction of sp³-hybridized carbons (Fsp3) is 0.320. The molecule has 0 saturated carbocycles. The van der Waals surface area contributed by atoms with Gasteiger partial charge in [-0.3, -0.25) is 0 Å². The van der Waals surface area contributed by atoms with Crippen molar-refractivity contribution in [1.82, 2.24) is 20.4 Å². The summed E-state index contributed by atoms with van der Waals surface area (Å²) in [6, 6.07) is 13.6. The molecule has 1 N–H and O–H groups in total. The average molecular weight is 467 g/mol. The Labute approximate surface area is 198 Å². The quantitative estimate of drug-likeness (QED) is 0.336. The standard InChI is InChI=1S/C25H27FN4O2S/c1-4-5-6-14-30-16(2)21(22(27-25(30)33)18-8-7-9-20(15-18)31-3)24-28-23(29-32-24)17-10-12-19(26)13-11-17/h7-13,15,22H,4-6,14H2,1-3H3,(H,27,33). The molecule has 2 heterocycles. The maximum absolute atomic E-state index is 13.3. The summed E-state index contributed by atoms with van der Waals surface area (Å²) in [4.78, 5) is 6.76. The number of halogens is 1. The molecular formula is C25H27FN4O2S. The Morgan fingerprint density at radius 3 is 2.70 bits per heavy atom. The first-order valence-electron chi connectivity index (χ1n) is 11.0. The van der Waals surface area contributed by atoms with E-state index in [4.69, 9.17) is 21.5 Å². The van der Waals surface area contributed by atoms with E-state index in [1.165, 1.54) is 12.1 Å². The van der Waals surface area contributed by atoms with Crippen LogP contribution in [-0.4, -0.2) is 33.8 Å². The van der Waals surface area contributed by atoms with E-state index in [0.29, 0.717) is 22.4 Å². The largest absolute Gasteiger partial charge is 0.497 e. The lowest BCUT2D eigenvalue weighted by molar-refractivity contribution is 0.394. The number of thiocarbonyl (C=S) groups is 1. The third-order valence-corrected chi connectivity index (χ3v) is 6.11. The smallest absolute Gasteiger partial charge is 0.258 e. The Hall–Kier alpha value is -3.26. The molecule has 1 atom stereocenters. The van der Waals surface area contributed by atoms with Gasteiger partial charge in [0.25, 0.3) is 5.89 Å². The maximum atomic E-state index is 13.3. The van der Waals surface area contributed by atoms with Crippen molar-refractivity contribution >= 4 is 22.9 Å². The summed E-state index contributed by atoms with van der Waals surface area (Å²) in [5.74, 6) is 1.24. The number of allylic oxidation sites excluding steroid dienone is 1. The van der Waals surface area contributed by atoms with Crippen LogP contribution in [0, 0.1) is 5.82 Å². The van der Waals surface area contributed by atoms with Crippen molar-refractivity contribution < 1.29 is 13.7 Å². The Morgan fingerprint density at radius 1 is 1.18 bits per heavy atom. The van der Waals surface area contributed by atoms with Crippen molar-refractivity contribution in [3.63, 3.8) is 0 Å². The molecule has 2 aromatic carbocycles. The van der Waals surface area contributed by atoms with Crippen LogP contribution in [0.4, 0.5) is 4.39 Å². The highest BCUT2D eigenvalue weighted by atomic mass is 32.1. The van der Waals surface area contributed by atoms with E-state index in [1.807, 2.05) is 31.2 Å². The van der Waals surface area contributed by atoms with Crippen LogP contribution in [0.3, 0.4) is 0 Å². The lowest BCUT2D eigenvalue weighted by Gasteiger charge is -2.37. The summed E-state index contributed by atoms with van der Waals surface area (Å²) in [6.07, 6.45) is 3.27. The van der Waals surface area contributed by atoms with Crippen LogP contribution in [-0.2, 0) is 0 Å². The number of hydrogen-bond acceptors (Lipinski definition) is 5. The summed E-state index contributed by atoms with van der Waals surface area (Å²) in [6.45, 7) is 5.01. The molecule has 0 spiro atoms. The number of unbranched alkanes of at least 4 members (excludes halogenated alkanes) is 2. The van der Waals surface area contributed by atoms with Crippen molar-refractivity contribution in [3.8, 4) is 17.1 Å². The van der Waals surface area contributed by atoms with Crippen molar-refractivity contribution in [2.24, 2.45) is 0 Å². The van der Waals surface area contributed by atoms with Gasteiger partial charge in [0.2, 0.25) is 5.82 Å². The molecule has 1 unspecified atom stereocenters. The topological polar surface area (TPSA) is 63.4 Å². The molecule has 3 aromatic rings. The van der Waals surface area contributed by atoms with Gasteiger partial charge in [-0.05, 0) is 67.5 Å². The van der Waals surface area contributed by atoms with Crippen LogP contribution in [0.5, 0.6) is 5.75 Å². The molecule has 1 aliphatic rings. The minimum Gasteiger partial charge on any atom is -0.497 e. The number of methoxy groups -OCH3 is 1. The van der Waals surface area contributed by atoms with Gasteiger partial charge in [-0.25, -0.2) is 4.39 Å². The van der Waals surface area contributed by atoms with E-state index in [-0.39, 0.29) is 11.9 Å². The van der Waals surface area contributed by atoms with Gasteiger partial charge in [0.15, 0.2) is 5.11 Å². The average Bonchev–Trinajstić information content (AvgIpc) is 3.31. The third kappa shape index (κ3) is 4.90. The number of ether oxygens (including phenoxy) is 1. The molecule has 33 heavy (non-hydrogen) atoms. The Morgan fingerprint density at radius 2 is 1.97 bits per heavy atom. The van der Waals surface area contributed by atoms with E-state index in [1.54, 1.807) is 19.2 Å². The van der Waals surface area contributed by atoms with Crippen molar-refractivity contribution in [3.05, 3.63) is 71.5 Å². The molecule has 1 aromatic heterocycles. The molecule has 8 heteroatoms. The van der Waals surface area contributed by atoms with E-state index >= 15 is 0 Å². The Kier molecular flexibility index (Phi) is 7.03. The summed E-state index contributed by atoms with van der Waals surface area (Å²) in [5, 5.41) is 8.29. The van der Waals surface area contributed by atoms with Crippen molar-refractivity contribution in [2.45, 2.75) is 39.2 Å². The molecule has 172 valence electrons. The number of hydrogen-bond donors (Lipinski definition) is 1. The molecule has 0 amide bonds. The first kappa shape index (κ1) is 22.9. The van der Waals surface area contributed by atoms with Crippen LogP contribution >= 0.6 is 12.2 Å². The zero-order valence-corrected chi connectivity index (χ0v) is 19.8. The second kappa shape index (κ2) is 10.1. The molecule has 0 bridgehead atoms. The molecule has 0 aliphatic carbocycles. The number of nitrogens with one attached hydrogen (secondary N) is 1. The number of benzene rings is 2. The van der Waals surface area contributed by atoms with Gasteiger partial charge in [0, 0.05) is 17.8 Å². The van der Waals surface area contributed by atoms with Gasteiger partial charge >= 0.3 is 0 Å². The van der Waals surface area contributed by atoms with Gasteiger partial charge in [0.1, 0.15) is 11.6 Å². The SMILES string of the molecule is CCCCCN1C(=S)NC(c2cccc(OC)c2)C(c2nc(-c3ccc(F)cc3)no2)=C1C. The summed E-state index contributed by atoms with van der Waals surface area (Å²) in [7, 11) is 1.64. The fourth-order valence-electron chi connectivity index (χ4n) is 3.97. The number of rotatable bonds is 8. The minimum absolute atomic E-state index is 0.281. The highest BCUT2D eigenvalue weighted by Crippen LogP contribution is 2.38. The lowest BCUT2D eigenvalue weighted by Crippen LogP contribution is -2.46. The van der Waals surface area contributed by atoms with Crippen LogP contribution in [0.1, 0.15) is 50.6 Å². The van der Waals surface area contributed by atoms with Gasteiger partial charge in [-0.15, -0.1) is 0 Å². The Bertz CT molecular complexity index is 1160. The summed E-state index contributed by atoms with van der Waals surface area (Å²) in [5.41, 5.74) is 3.48. The molecule has 4 rings (SSSR count). The molecule has 0 fully saturated rings. The van der Waals surface area contributed by atoms with Gasteiger partial charge in [0.05, 0.1) is 18.7 Å². The molecule has 6 nitrogen and oxygen atoms in total. The normalized spacial score (nSPS) is 16.2. The monoisotopic (exact) mass is 466 g/mol. The van der Waals surface area contributed by atoms with Gasteiger partial charge in [-0.1, -0.05) is 37.1 Å². The molecule has 1 aliphatic heterocycles. The predicted molar refractivity (Wildman–Crippen MR) is 130 cm³/mol. The molecular weight excluding hydrogens is 439 g/mol. The molecule has 0 saturated heterocycles. The highest BCUT2D eigenvalue weighted by molar-refractivity contribution is 7.80. The zero-order valence-electron chi connectivity index (χ0n) is 19.0. The minimum atomic E-state index is -0.313. The van der Waals surface area contributed by atoms with E-state index in [9.17, 15) is 4.39 Å². The number of aromatic nitrogens is 2. The molecule has 0 radical (unpaired) electrons. The fourth-order valence-corrected chi connectivity index (χ4v) is 4.31. The predicted octanol–water partition coefficient (Wildman–Crippen LogP) is 5.74. The second-order valence-corrected chi connectivity index (χ2v) is 8.33. The Balaban J connectivity index is 1.77. The third-order valence-electron chi connectivity index (χ3n) is 5.77. The second-order valence-electron chi connectivity index (χ2n) is 7.95. The van der Waals surface area contributed by atoms with Crippen LogP contribution in [0.2, 0.25) is 0 Å². The van der Waals surface area contributed by atoms with Gasteiger partial charge in [-0.2, -0.15) is 4.98 Å². The zero-order chi connectivity index (χ0) is 23.4. The lowest BCUT2D eigenvalue weighted by atomic mass is 9.94. The van der Waals surface area contributed by atoms with Crippen LogP contribution < -0.4 is 10.1 Å². The first-order chi connectivity index (χ1) is 16.0. The summed E-state index contributed by atoms with van der Waals surface area (Å²) >= 11 is 5.74. The summed E-state index contributed by atoms with van der Waals surface area (Å²) < 4.78 is 24.5.